The second-order valence-electron chi connectivity index (χ2n) is 3.58. The molecule has 0 aliphatic heterocycles. The highest BCUT2D eigenvalue weighted by Crippen LogP contribution is 1.99. The molecule has 1 aromatic carbocycles. The molecule has 3 heteroatoms. The van der Waals surface area contributed by atoms with Gasteiger partial charge in [0.05, 0.1) is 0 Å². The van der Waals surface area contributed by atoms with Crippen LogP contribution in [0, 0.1) is 0 Å². The number of rotatable bonds is 7. The average Bonchev–Trinajstić information content (AvgIpc) is 2.34. The highest BCUT2D eigenvalue weighted by atomic mass is 16.1. The topological polar surface area (TPSA) is 46.2 Å². The fraction of sp³-hybridized carbons (Fsp3) is 0.385. The summed E-state index contributed by atoms with van der Waals surface area (Å²) in [6.45, 7) is 0.659. The van der Waals surface area contributed by atoms with E-state index in [2.05, 4.69) is 5.32 Å². The van der Waals surface area contributed by atoms with Crippen molar-refractivity contribution in [2.75, 3.05) is 6.54 Å². The molecule has 0 aromatic heterocycles. The van der Waals surface area contributed by atoms with Crippen LogP contribution in [-0.2, 0) is 4.79 Å². The van der Waals surface area contributed by atoms with E-state index in [1.165, 1.54) is 0 Å². The van der Waals surface area contributed by atoms with Crippen molar-refractivity contribution in [3.8, 4) is 0 Å². The van der Waals surface area contributed by atoms with E-state index in [0.717, 1.165) is 19.3 Å². The molecular formula is C13H16NO2. The van der Waals surface area contributed by atoms with E-state index < -0.39 is 0 Å². The molecule has 85 valence electrons. The Hall–Kier alpha value is -1.64. The summed E-state index contributed by atoms with van der Waals surface area (Å²) in [5.74, 6) is -0.0393. The lowest BCUT2D eigenvalue weighted by molar-refractivity contribution is 0.0953. The molecule has 0 heterocycles. The van der Waals surface area contributed by atoms with Crippen LogP contribution in [0.3, 0.4) is 0 Å². The first kappa shape index (κ1) is 12.4. The van der Waals surface area contributed by atoms with E-state index in [-0.39, 0.29) is 5.91 Å². The SMILES string of the molecule is O=[C]CCCCCNC(=O)c1ccccc1. The van der Waals surface area contributed by atoms with Gasteiger partial charge in [-0.2, -0.15) is 0 Å². The Morgan fingerprint density at radius 2 is 1.88 bits per heavy atom. The Kier molecular flexibility index (Phi) is 5.92. The normalized spacial score (nSPS) is 9.75. The van der Waals surface area contributed by atoms with Crippen LogP contribution >= 0.6 is 0 Å². The van der Waals surface area contributed by atoms with Gasteiger partial charge in [-0.3, -0.25) is 9.59 Å². The van der Waals surface area contributed by atoms with Gasteiger partial charge in [0.2, 0.25) is 0 Å². The fourth-order valence-electron chi connectivity index (χ4n) is 1.39. The predicted molar refractivity (Wildman–Crippen MR) is 62.9 cm³/mol. The van der Waals surface area contributed by atoms with Crippen molar-refractivity contribution in [2.45, 2.75) is 25.7 Å². The molecule has 1 N–H and O–H groups in total. The molecule has 0 fully saturated rings. The third kappa shape index (κ3) is 4.73. The van der Waals surface area contributed by atoms with Crippen LogP contribution in [0.15, 0.2) is 30.3 Å². The number of carbonyl (C=O) groups is 1. The van der Waals surface area contributed by atoms with Crippen LogP contribution in [0.2, 0.25) is 0 Å². The number of unbranched alkanes of at least 4 members (excludes halogenated alkanes) is 3. The van der Waals surface area contributed by atoms with Gasteiger partial charge in [-0.25, -0.2) is 0 Å². The maximum Gasteiger partial charge on any atom is 0.251 e. The minimum absolute atomic E-state index is 0.0393. The van der Waals surface area contributed by atoms with E-state index in [1.807, 2.05) is 24.5 Å². The van der Waals surface area contributed by atoms with Crippen LogP contribution < -0.4 is 5.32 Å². The molecule has 0 unspecified atom stereocenters. The molecule has 0 spiro atoms. The van der Waals surface area contributed by atoms with Gasteiger partial charge in [0.15, 0.2) is 6.29 Å². The molecule has 0 saturated carbocycles. The minimum atomic E-state index is -0.0393. The van der Waals surface area contributed by atoms with Crippen LogP contribution in [0.1, 0.15) is 36.0 Å². The van der Waals surface area contributed by atoms with Crippen molar-refractivity contribution in [1.29, 1.82) is 0 Å². The monoisotopic (exact) mass is 218 g/mol. The molecule has 3 nitrogen and oxygen atoms in total. The van der Waals surface area contributed by atoms with Crippen molar-refractivity contribution in [3.05, 3.63) is 35.9 Å². The summed E-state index contributed by atoms with van der Waals surface area (Å²) in [6, 6.07) is 9.14. The number of carbonyl (C=O) groups excluding carboxylic acids is 2. The summed E-state index contributed by atoms with van der Waals surface area (Å²) < 4.78 is 0. The van der Waals surface area contributed by atoms with Gasteiger partial charge in [-0.05, 0) is 25.0 Å². The average molecular weight is 218 g/mol. The summed E-state index contributed by atoms with van der Waals surface area (Å²) in [4.78, 5) is 21.5. The van der Waals surface area contributed by atoms with Crippen molar-refractivity contribution in [3.63, 3.8) is 0 Å². The van der Waals surface area contributed by atoms with E-state index in [4.69, 9.17) is 0 Å². The van der Waals surface area contributed by atoms with Crippen molar-refractivity contribution >= 4 is 12.2 Å². The van der Waals surface area contributed by atoms with Gasteiger partial charge in [-0.15, -0.1) is 0 Å². The molecule has 0 saturated heterocycles. The zero-order chi connectivity index (χ0) is 11.6. The zero-order valence-corrected chi connectivity index (χ0v) is 9.24. The number of hydrogen-bond acceptors (Lipinski definition) is 2. The first-order valence-electron chi connectivity index (χ1n) is 5.53. The highest BCUT2D eigenvalue weighted by molar-refractivity contribution is 5.94. The first-order chi connectivity index (χ1) is 7.84. The summed E-state index contributed by atoms with van der Waals surface area (Å²) >= 11 is 0. The molecule has 1 rings (SSSR count). The Morgan fingerprint density at radius 3 is 2.56 bits per heavy atom. The van der Waals surface area contributed by atoms with Crippen molar-refractivity contribution < 1.29 is 9.59 Å². The number of nitrogens with one attached hydrogen (secondary N) is 1. The lowest BCUT2D eigenvalue weighted by atomic mass is 10.2. The largest absolute Gasteiger partial charge is 0.352 e. The van der Waals surface area contributed by atoms with Crippen LogP contribution in [0.5, 0.6) is 0 Å². The Balaban J connectivity index is 2.14. The molecule has 1 radical (unpaired) electrons. The van der Waals surface area contributed by atoms with E-state index in [0.29, 0.717) is 18.5 Å². The summed E-state index contributed by atoms with van der Waals surface area (Å²) in [5, 5.41) is 2.84. The molecule has 0 aliphatic carbocycles. The second kappa shape index (κ2) is 7.63. The number of benzene rings is 1. The second-order valence-corrected chi connectivity index (χ2v) is 3.58. The van der Waals surface area contributed by atoms with Gasteiger partial charge in [0.25, 0.3) is 5.91 Å². The van der Waals surface area contributed by atoms with E-state index >= 15 is 0 Å². The smallest absolute Gasteiger partial charge is 0.251 e. The summed E-state index contributed by atoms with van der Waals surface area (Å²) in [7, 11) is 0. The minimum Gasteiger partial charge on any atom is -0.352 e. The number of amides is 1. The van der Waals surface area contributed by atoms with Gasteiger partial charge in [0.1, 0.15) is 0 Å². The summed E-state index contributed by atoms with van der Waals surface area (Å²) in [5.41, 5.74) is 0.684. The highest BCUT2D eigenvalue weighted by Gasteiger charge is 2.02. The van der Waals surface area contributed by atoms with Gasteiger partial charge in [-0.1, -0.05) is 24.6 Å². The maximum absolute atomic E-state index is 11.6. The standard InChI is InChI=1S/C13H16NO2/c15-11-7-2-1-6-10-14-13(16)12-8-4-3-5-9-12/h3-5,8-9H,1-2,6-7,10H2,(H,14,16). The van der Waals surface area contributed by atoms with Crippen LogP contribution in [0.25, 0.3) is 0 Å². The van der Waals surface area contributed by atoms with Gasteiger partial charge in [0, 0.05) is 18.5 Å². The molecule has 0 atom stereocenters. The third-order valence-corrected chi connectivity index (χ3v) is 2.28. The quantitative estimate of drug-likeness (QED) is 0.712. The Labute approximate surface area is 95.9 Å². The summed E-state index contributed by atoms with van der Waals surface area (Å²) in [6.07, 6.45) is 5.05. The molecule has 1 amide bonds. The zero-order valence-electron chi connectivity index (χ0n) is 9.24. The molecule has 0 bridgehead atoms. The number of hydrogen-bond donors (Lipinski definition) is 1. The lowest BCUT2D eigenvalue weighted by Gasteiger charge is -2.04. The Bertz CT molecular complexity index is 322. The van der Waals surface area contributed by atoms with E-state index in [1.54, 1.807) is 12.1 Å². The molecule has 0 aliphatic rings. The Morgan fingerprint density at radius 1 is 1.12 bits per heavy atom. The van der Waals surface area contributed by atoms with Gasteiger partial charge >= 0.3 is 0 Å². The fourth-order valence-corrected chi connectivity index (χ4v) is 1.39. The maximum atomic E-state index is 11.6. The molecular weight excluding hydrogens is 202 g/mol. The third-order valence-electron chi connectivity index (χ3n) is 2.28. The first-order valence-corrected chi connectivity index (χ1v) is 5.53. The molecule has 16 heavy (non-hydrogen) atoms. The van der Waals surface area contributed by atoms with Crippen LogP contribution in [0.4, 0.5) is 0 Å². The molecule has 1 aromatic rings. The van der Waals surface area contributed by atoms with E-state index in [9.17, 15) is 9.59 Å². The lowest BCUT2D eigenvalue weighted by Crippen LogP contribution is -2.24. The van der Waals surface area contributed by atoms with Crippen molar-refractivity contribution in [1.82, 2.24) is 5.32 Å². The predicted octanol–water partition coefficient (Wildman–Crippen LogP) is 2.09. The van der Waals surface area contributed by atoms with Crippen molar-refractivity contribution in [2.24, 2.45) is 0 Å². The van der Waals surface area contributed by atoms with Gasteiger partial charge < -0.3 is 5.32 Å². The van der Waals surface area contributed by atoms with Crippen LogP contribution in [-0.4, -0.2) is 18.7 Å².